The Morgan fingerprint density at radius 1 is 1.33 bits per heavy atom. The number of hydrogen-bond donors (Lipinski definition) is 2. The Balaban J connectivity index is 2.14. The Morgan fingerprint density at radius 2 is 2.14 bits per heavy atom. The molecule has 0 heterocycles. The van der Waals surface area contributed by atoms with Gasteiger partial charge in [0.25, 0.3) is 0 Å². The molecule has 0 aromatic heterocycles. The fourth-order valence-corrected chi connectivity index (χ4v) is 2.70. The number of methoxy groups -OCH3 is 1. The lowest BCUT2D eigenvalue weighted by atomic mass is 10.1. The van der Waals surface area contributed by atoms with Crippen molar-refractivity contribution in [2.75, 3.05) is 7.11 Å². The van der Waals surface area contributed by atoms with E-state index in [-0.39, 0.29) is 11.7 Å². The van der Waals surface area contributed by atoms with E-state index in [1.807, 2.05) is 18.2 Å². The van der Waals surface area contributed by atoms with Gasteiger partial charge in [-0.1, -0.05) is 17.3 Å². The van der Waals surface area contributed by atoms with Crippen LogP contribution < -0.4 is 10.5 Å². The fourth-order valence-electron chi connectivity index (χ4n) is 1.81. The van der Waals surface area contributed by atoms with Gasteiger partial charge in [-0.15, -0.1) is 11.8 Å². The van der Waals surface area contributed by atoms with E-state index in [0.717, 1.165) is 10.5 Å². The highest BCUT2D eigenvalue weighted by Gasteiger charge is 2.09. The Morgan fingerprint density at radius 3 is 2.81 bits per heavy atom. The average molecular weight is 306 g/mol. The summed E-state index contributed by atoms with van der Waals surface area (Å²) in [4.78, 5) is 0.856. The Hall–Kier alpha value is -2.21. The summed E-state index contributed by atoms with van der Waals surface area (Å²) in [5, 5.41) is 11.7. The quantitative estimate of drug-likeness (QED) is 0.293. The van der Waals surface area contributed by atoms with Gasteiger partial charge in [-0.25, -0.2) is 4.39 Å². The molecule has 21 heavy (non-hydrogen) atoms. The number of nitrogens with two attached hydrogens (primary N) is 1. The third kappa shape index (κ3) is 3.88. The topological polar surface area (TPSA) is 67.8 Å². The van der Waals surface area contributed by atoms with Gasteiger partial charge < -0.3 is 15.7 Å². The number of amidine groups is 1. The first-order valence-corrected chi connectivity index (χ1v) is 7.15. The van der Waals surface area contributed by atoms with Crippen molar-refractivity contribution in [1.29, 1.82) is 0 Å². The molecule has 0 aliphatic rings. The Labute approximate surface area is 126 Å². The van der Waals surface area contributed by atoms with E-state index in [0.29, 0.717) is 17.1 Å². The Bertz CT molecular complexity index is 662. The molecule has 6 heteroatoms. The molecule has 0 atom stereocenters. The highest BCUT2D eigenvalue weighted by Crippen LogP contribution is 2.27. The molecule has 2 rings (SSSR count). The van der Waals surface area contributed by atoms with Crippen molar-refractivity contribution in [3.8, 4) is 5.75 Å². The van der Waals surface area contributed by atoms with Crippen molar-refractivity contribution >= 4 is 17.6 Å². The van der Waals surface area contributed by atoms with Gasteiger partial charge in [0.2, 0.25) is 0 Å². The van der Waals surface area contributed by atoms with Crippen LogP contribution in [0, 0.1) is 5.82 Å². The molecule has 3 N–H and O–H groups in total. The van der Waals surface area contributed by atoms with Crippen LogP contribution in [0.25, 0.3) is 0 Å². The molecular formula is C15H15FN2O2S. The standard InChI is InChI=1S/C15H15FN2O2S/c1-20-14-7-10(5-6-13(14)15(17)18-19)9-21-12-4-2-3-11(16)8-12/h2-8,19H,9H2,1H3,(H2,17,18). The van der Waals surface area contributed by atoms with Crippen molar-refractivity contribution in [2.24, 2.45) is 10.9 Å². The van der Waals surface area contributed by atoms with Crippen LogP contribution in [-0.2, 0) is 5.75 Å². The third-order valence-corrected chi connectivity index (χ3v) is 3.92. The maximum atomic E-state index is 13.1. The summed E-state index contributed by atoms with van der Waals surface area (Å²) in [6, 6.07) is 11.9. The van der Waals surface area contributed by atoms with Gasteiger partial charge in [0.15, 0.2) is 5.84 Å². The summed E-state index contributed by atoms with van der Waals surface area (Å²) in [6.45, 7) is 0. The molecule has 2 aromatic carbocycles. The minimum Gasteiger partial charge on any atom is -0.496 e. The van der Waals surface area contributed by atoms with Crippen molar-refractivity contribution in [2.45, 2.75) is 10.6 Å². The van der Waals surface area contributed by atoms with Crippen molar-refractivity contribution < 1.29 is 14.3 Å². The zero-order valence-corrected chi connectivity index (χ0v) is 12.2. The van der Waals surface area contributed by atoms with Gasteiger partial charge in [0.1, 0.15) is 11.6 Å². The van der Waals surface area contributed by atoms with Gasteiger partial charge >= 0.3 is 0 Å². The second-order valence-electron chi connectivity index (χ2n) is 4.27. The maximum absolute atomic E-state index is 13.1. The van der Waals surface area contributed by atoms with Gasteiger partial charge in [-0.2, -0.15) is 0 Å². The zero-order chi connectivity index (χ0) is 15.2. The van der Waals surface area contributed by atoms with E-state index < -0.39 is 0 Å². The summed E-state index contributed by atoms with van der Waals surface area (Å²) in [5.41, 5.74) is 7.10. The number of thioether (sulfide) groups is 1. The number of halogens is 1. The van der Waals surface area contributed by atoms with Crippen molar-refractivity contribution in [3.63, 3.8) is 0 Å². The van der Waals surface area contributed by atoms with Crippen LogP contribution in [0.5, 0.6) is 5.75 Å². The molecule has 0 unspecified atom stereocenters. The molecule has 0 saturated carbocycles. The van der Waals surface area contributed by atoms with Crippen LogP contribution in [0.15, 0.2) is 52.5 Å². The Kier molecular flexibility index (Phi) is 5.05. The lowest BCUT2D eigenvalue weighted by molar-refractivity contribution is 0.318. The highest BCUT2D eigenvalue weighted by atomic mass is 32.2. The predicted octanol–water partition coefficient (Wildman–Crippen LogP) is 3.22. The number of nitrogens with zero attached hydrogens (tertiary/aromatic N) is 1. The molecule has 4 nitrogen and oxygen atoms in total. The molecule has 0 radical (unpaired) electrons. The normalized spacial score (nSPS) is 11.4. The third-order valence-electron chi connectivity index (χ3n) is 2.85. The van der Waals surface area contributed by atoms with Crippen LogP contribution in [0.1, 0.15) is 11.1 Å². The minimum atomic E-state index is -0.250. The van der Waals surface area contributed by atoms with Crippen LogP contribution >= 0.6 is 11.8 Å². The van der Waals surface area contributed by atoms with Gasteiger partial charge in [-0.05, 0) is 35.9 Å². The van der Waals surface area contributed by atoms with Crippen LogP contribution in [0.3, 0.4) is 0 Å². The lowest BCUT2D eigenvalue weighted by Crippen LogP contribution is -2.14. The SMILES string of the molecule is COc1cc(CSc2cccc(F)c2)ccc1/C(N)=N/O. The molecule has 0 spiro atoms. The molecule has 110 valence electrons. The van der Waals surface area contributed by atoms with E-state index in [4.69, 9.17) is 15.7 Å². The largest absolute Gasteiger partial charge is 0.496 e. The molecular weight excluding hydrogens is 291 g/mol. The molecule has 0 bridgehead atoms. The zero-order valence-electron chi connectivity index (χ0n) is 11.4. The first-order chi connectivity index (χ1) is 10.1. The molecule has 2 aromatic rings. The monoisotopic (exact) mass is 306 g/mol. The van der Waals surface area contributed by atoms with Crippen molar-refractivity contribution in [3.05, 3.63) is 59.4 Å². The van der Waals surface area contributed by atoms with Crippen LogP contribution in [0.2, 0.25) is 0 Å². The van der Waals surface area contributed by atoms with Crippen LogP contribution in [-0.4, -0.2) is 18.2 Å². The number of benzene rings is 2. The summed E-state index contributed by atoms with van der Waals surface area (Å²) in [5.74, 6) is 0.940. The highest BCUT2D eigenvalue weighted by molar-refractivity contribution is 7.98. The molecule has 0 aliphatic heterocycles. The van der Waals surface area contributed by atoms with Crippen LogP contribution in [0.4, 0.5) is 4.39 Å². The second-order valence-corrected chi connectivity index (χ2v) is 5.31. The minimum absolute atomic E-state index is 0.00353. The van der Waals surface area contributed by atoms with Gasteiger partial charge in [0, 0.05) is 10.6 Å². The molecule has 0 saturated heterocycles. The predicted molar refractivity (Wildman–Crippen MR) is 81.5 cm³/mol. The summed E-state index contributed by atoms with van der Waals surface area (Å²) < 4.78 is 18.3. The molecule has 0 fully saturated rings. The van der Waals surface area contributed by atoms with Gasteiger partial charge in [0.05, 0.1) is 12.7 Å². The second kappa shape index (κ2) is 6.99. The summed E-state index contributed by atoms with van der Waals surface area (Å²) >= 11 is 1.52. The smallest absolute Gasteiger partial charge is 0.173 e. The number of ether oxygens (including phenoxy) is 1. The molecule has 0 aliphatic carbocycles. The average Bonchev–Trinajstić information content (AvgIpc) is 2.52. The van der Waals surface area contributed by atoms with Gasteiger partial charge in [-0.3, -0.25) is 0 Å². The first kappa shape index (κ1) is 15.2. The van der Waals surface area contributed by atoms with E-state index in [1.54, 1.807) is 12.1 Å². The van der Waals surface area contributed by atoms with E-state index >= 15 is 0 Å². The van der Waals surface area contributed by atoms with E-state index in [1.165, 1.54) is 31.0 Å². The fraction of sp³-hybridized carbons (Fsp3) is 0.133. The number of hydrogen-bond acceptors (Lipinski definition) is 4. The number of rotatable bonds is 5. The lowest BCUT2D eigenvalue weighted by Gasteiger charge is -2.09. The maximum Gasteiger partial charge on any atom is 0.173 e. The van der Waals surface area contributed by atoms with E-state index in [9.17, 15) is 4.39 Å². The summed E-state index contributed by atoms with van der Waals surface area (Å²) in [6.07, 6.45) is 0. The number of oxime groups is 1. The van der Waals surface area contributed by atoms with E-state index in [2.05, 4.69) is 5.16 Å². The summed E-state index contributed by atoms with van der Waals surface area (Å²) in [7, 11) is 1.52. The van der Waals surface area contributed by atoms with Crippen molar-refractivity contribution in [1.82, 2.24) is 0 Å². The first-order valence-electron chi connectivity index (χ1n) is 6.17. The molecule has 0 amide bonds.